The van der Waals surface area contributed by atoms with Crippen LogP contribution in [0.1, 0.15) is 26.2 Å². The van der Waals surface area contributed by atoms with E-state index >= 15 is 0 Å². The molecule has 1 saturated heterocycles. The van der Waals surface area contributed by atoms with Crippen LogP contribution in [0.4, 0.5) is 5.82 Å². The van der Waals surface area contributed by atoms with Gasteiger partial charge in [-0.3, -0.25) is 4.90 Å². The predicted octanol–water partition coefficient (Wildman–Crippen LogP) is 1.79. The summed E-state index contributed by atoms with van der Waals surface area (Å²) in [6, 6.07) is 1.99. The number of aromatic nitrogens is 2. The molecule has 0 unspecified atom stereocenters. The van der Waals surface area contributed by atoms with Gasteiger partial charge in [0.2, 0.25) is 0 Å². The molecule has 1 aliphatic rings. The van der Waals surface area contributed by atoms with Gasteiger partial charge >= 0.3 is 0 Å². The standard InChI is InChI=1S/C13H22N4/c1-2-3-4-7-16-8-10-17(11-9-16)13-5-6-14-12-15-13/h5-6,12H,2-4,7-11H2,1H3. The van der Waals surface area contributed by atoms with Crippen molar-refractivity contribution >= 4 is 5.82 Å². The van der Waals surface area contributed by atoms with Crippen molar-refractivity contribution in [3.8, 4) is 0 Å². The lowest BCUT2D eigenvalue weighted by Crippen LogP contribution is -2.46. The predicted molar refractivity (Wildman–Crippen MR) is 70.2 cm³/mol. The monoisotopic (exact) mass is 234 g/mol. The van der Waals surface area contributed by atoms with E-state index in [2.05, 4.69) is 26.7 Å². The second-order valence-corrected chi connectivity index (χ2v) is 4.60. The van der Waals surface area contributed by atoms with E-state index in [4.69, 9.17) is 0 Å². The zero-order valence-electron chi connectivity index (χ0n) is 10.7. The summed E-state index contributed by atoms with van der Waals surface area (Å²) in [6.45, 7) is 8.01. The Kier molecular flexibility index (Phi) is 4.74. The molecule has 1 aliphatic heterocycles. The molecular formula is C13H22N4. The van der Waals surface area contributed by atoms with Crippen LogP contribution in [0.2, 0.25) is 0 Å². The maximum atomic E-state index is 4.30. The Bertz CT molecular complexity index is 306. The molecule has 94 valence electrons. The Hall–Kier alpha value is -1.16. The van der Waals surface area contributed by atoms with Gasteiger partial charge in [0.05, 0.1) is 0 Å². The summed E-state index contributed by atoms with van der Waals surface area (Å²) in [5.74, 6) is 1.06. The Labute approximate surface area is 104 Å². The summed E-state index contributed by atoms with van der Waals surface area (Å²) in [5.41, 5.74) is 0. The van der Waals surface area contributed by atoms with E-state index < -0.39 is 0 Å². The van der Waals surface area contributed by atoms with E-state index in [0.29, 0.717) is 0 Å². The lowest BCUT2D eigenvalue weighted by Gasteiger charge is -2.35. The van der Waals surface area contributed by atoms with E-state index in [-0.39, 0.29) is 0 Å². The van der Waals surface area contributed by atoms with Crippen molar-refractivity contribution in [1.82, 2.24) is 14.9 Å². The molecule has 0 aliphatic carbocycles. The third-order valence-corrected chi connectivity index (χ3v) is 3.34. The smallest absolute Gasteiger partial charge is 0.131 e. The SMILES string of the molecule is CCCCCN1CCN(c2ccncn2)CC1. The zero-order chi connectivity index (χ0) is 11.9. The van der Waals surface area contributed by atoms with Crippen LogP contribution in [-0.4, -0.2) is 47.6 Å². The highest BCUT2D eigenvalue weighted by atomic mass is 15.3. The second kappa shape index (κ2) is 6.55. The molecule has 4 nitrogen and oxygen atoms in total. The van der Waals surface area contributed by atoms with Crippen LogP contribution in [0.3, 0.4) is 0 Å². The van der Waals surface area contributed by atoms with Crippen LogP contribution in [0.25, 0.3) is 0 Å². The number of nitrogens with zero attached hydrogens (tertiary/aromatic N) is 4. The molecule has 17 heavy (non-hydrogen) atoms. The molecule has 1 fully saturated rings. The van der Waals surface area contributed by atoms with Crippen LogP contribution in [0, 0.1) is 0 Å². The number of hydrogen-bond donors (Lipinski definition) is 0. The minimum absolute atomic E-state index is 1.06. The lowest BCUT2D eigenvalue weighted by molar-refractivity contribution is 0.252. The summed E-state index contributed by atoms with van der Waals surface area (Å²) in [5, 5.41) is 0. The topological polar surface area (TPSA) is 32.3 Å². The van der Waals surface area contributed by atoms with Crippen LogP contribution in [0.5, 0.6) is 0 Å². The maximum absolute atomic E-state index is 4.30. The van der Waals surface area contributed by atoms with Crippen molar-refractivity contribution in [3.63, 3.8) is 0 Å². The molecule has 1 aromatic heterocycles. The molecule has 0 saturated carbocycles. The van der Waals surface area contributed by atoms with Crippen molar-refractivity contribution in [2.45, 2.75) is 26.2 Å². The van der Waals surface area contributed by atoms with Crippen molar-refractivity contribution in [3.05, 3.63) is 18.6 Å². The molecule has 0 atom stereocenters. The molecule has 0 amide bonds. The van der Waals surface area contributed by atoms with E-state index in [9.17, 15) is 0 Å². The minimum Gasteiger partial charge on any atom is -0.354 e. The Morgan fingerprint density at radius 1 is 1.18 bits per heavy atom. The Morgan fingerprint density at radius 3 is 2.65 bits per heavy atom. The van der Waals surface area contributed by atoms with E-state index in [1.54, 1.807) is 6.33 Å². The maximum Gasteiger partial charge on any atom is 0.131 e. The Morgan fingerprint density at radius 2 is 2.00 bits per heavy atom. The molecule has 4 heteroatoms. The van der Waals surface area contributed by atoms with Gasteiger partial charge in [0.25, 0.3) is 0 Å². The number of rotatable bonds is 5. The zero-order valence-corrected chi connectivity index (χ0v) is 10.7. The molecular weight excluding hydrogens is 212 g/mol. The number of anilines is 1. The number of hydrogen-bond acceptors (Lipinski definition) is 4. The summed E-state index contributed by atoms with van der Waals surface area (Å²) in [6.07, 6.45) is 7.44. The van der Waals surface area contributed by atoms with Gasteiger partial charge in [0, 0.05) is 32.4 Å². The van der Waals surface area contributed by atoms with E-state index in [1.807, 2.05) is 12.3 Å². The first-order chi connectivity index (χ1) is 8.40. The van der Waals surface area contributed by atoms with Gasteiger partial charge < -0.3 is 4.90 Å². The highest BCUT2D eigenvalue weighted by molar-refractivity contribution is 5.36. The fraction of sp³-hybridized carbons (Fsp3) is 0.692. The molecule has 2 rings (SSSR count). The molecule has 0 radical (unpaired) electrons. The van der Waals surface area contributed by atoms with Gasteiger partial charge in [-0.05, 0) is 19.0 Å². The molecule has 0 bridgehead atoms. The van der Waals surface area contributed by atoms with Gasteiger partial charge in [-0.25, -0.2) is 9.97 Å². The van der Waals surface area contributed by atoms with E-state index in [1.165, 1.54) is 25.8 Å². The summed E-state index contributed by atoms with van der Waals surface area (Å²) >= 11 is 0. The normalized spacial score (nSPS) is 17.4. The van der Waals surface area contributed by atoms with Crippen molar-refractivity contribution in [2.75, 3.05) is 37.6 Å². The Balaban J connectivity index is 1.74. The highest BCUT2D eigenvalue weighted by Gasteiger charge is 2.16. The highest BCUT2D eigenvalue weighted by Crippen LogP contribution is 2.12. The largest absolute Gasteiger partial charge is 0.354 e. The fourth-order valence-corrected chi connectivity index (χ4v) is 2.26. The van der Waals surface area contributed by atoms with Crippen LogP contribution >= 0.6 is 0 Å². The van der Waals surface area contributed by atoms with Gasteiger partial charge in [-0.1, -0.05) is 19.8 Å². The van der Waals surface area contributed by atoms with Crippen molar-refractivity contribution in [2.24, 2.45) is 0 Å². The molecule has 2 heterocycles. The first kappa shape index (κ1) is 12.3. The number of piperazine rings is 1. The lowest BCUT2D eigenvalue weighted by atomic mass is 10.2. The average Bonchev–Trinajstić information content (AvgIpc) is 2.41. The number of unbranched alkanes of at least 4 members (excludes halogenated alkanes) is 2. The van der Waals surface area contributed by atoms with Gasteiger partial charge in [0.1, 0.15) is 12.1 Å². The van der Waals surface area contributed by atoms with E-state index in [0.717, 1.165) is 32.0 Å². The van der Waals surface area contributed by atoms with Crippen LogP contribution in [0.15, 0.2) is 18.6 Å². The molecule has 0 spiro atoms. The third kappa shape index (κ3) is 3.66. The first-order valence-corrected chi connectivity index (χ1v) is 6.63. The fourth-order valence-electron chi connectivity index (χ4n) is 2.26. The van der Waals surface area contributed by atoms with Crippen LogP contribution < -0.4 is 4.90 Å². The van der Waals surface area contributed by atoms with Gasteiger partial charge in [0.15, 0.2) is 0 Å². The van der Waals surface area contributed by atoms with Gasteiger partial charge in [-0.15, -0.1) is 0 Å². The minimum atomic E-state index is 1.06. The summed E-state index contributed by atoms with van der Waals surface area (Å²) < 4.78 is 0. The molecule has 0 N–H and O–H groups in total. The van der Waals surface area contributed by atoms with Crippen LogP contribution in [-0.2, 0) is 0 Å². The molecule has 0 aromatic carbocycles. The summed E-state index contributed by atoms with van der Waals surface area (Å²) in [7, 11) is 0. The van der Waals surface area contributed by atoms with Crippen molar-refractivity contribution in [1.29, 1.82) is 0 Å². The average molecular weight is 234 g/mol. The second-order valence-electron chi connectivity index (χ2n) is 4.60. The molecule has 1 aromatic rings. The third-order valence-electron chi connectivity index (χ3n) is 3.34. The first-order valence-electron chi connectivity index (χ1n) is 6.63. The van der Waals surface area contributed by atoms with Gasteiger partial charge in [-0.2, -0.15) is 0 Å². The summed E-state index contributed by atoms with van der Waals surface area (Å²) in [4.78, 5) is 13.2. The quantitative estimate of drug-likeness (QED) is 0.727. The van der Waals surface area contributed by atoms with Crippen molar-refractivity contribution < 1.29 is 0 Å².